The number of sulfone groups is 1. The minimum absolute atomic E-state index is 0.0280. The van der Waals surface area contributed by atoms with Crippen LogP contribution in [-0.4, -0.2) is 47.1 Å². The zero-order valence-electron chi connectivity index (χ0n) is 20.2. The van der Waals surface area contributed by atoms with E-state index >= 15 is 0 Å². The first-order valence-corrected chi connectivity index (χ1v) is 14.6. The van der Waals surface area contributed by atoms with E-state index in [1.54, 1.807) is 4.68 Å². The molecule has 3 aliphatic rings. The Morgan fingerprint density at radius 3 is 2.54 bits per heavy atom. The Labute approximate surface area is 206 Å². The predicted molar refractivity (Wildman–Crippen MR) is 135 cm³/mol. The lowest BCUT2D eigenvalue weighted by Crippen LogP contribution is -2.39. The molecule has 35 heavy (non-hydrogen) atoms. The van der Waals surface area contributed by atoms with Crippen molar-refractivity contribution in [2.24, 2.45) is 0 Å². The van der Waals surface area contributed by atoms with E-state index in [4.69, 9.17) is 10.1 Å². The molecule has 0 radical (unpaired) electrons. The van der Waals surface area contributed by atoms with Gasteiger partial charge in [-0.15, -0.1) is 0 Å². The fourth-order valence-electron chi connectivity index (χ4n) is 6.08. The summed E-state index contributed by atoms with van der Waals surface area (Å²) in [5, 5.41) is 8.73. The number of pyridine rings is 1. The second-order valence-electron chi connectivity index (χ2n) is 10.7. The van der Waals surface area contributed by atoms with E-state index in [1.807, 2.05) is 19.1 Å². The summed E-state index contributed by atoms with van der Waals surface area (Å²) in [4.78, 5) is 18.6. The Morgan fingerprint density at radius 1 is 1.14 bits per heavy atom. The number of carbonyl (C=O) groups excluding carboxylic acids is 1. The van der Waals surface area contributed by atoms with Gasteiger partial charge in [0.05, 0.1) is 34.2 Å². The number of aromatic nitrogens is 3. The third kappa shape index (κ3) is 4.15. The van der Waals surface area contributed by atoms with Gasteiger partial charge in [-0.05, 0) is 50.7 Å². The Balaban J connectivity index is 1.36. The van der Waals surface area contributed by atoms with Gasteiger partial charge in [0.2, 0.25) is 0 Å². The lowest BCUT2D eigenvalue weighted by atomic mass is 9.79. The van der Waals surface area contributed by atoms with Crippen molar-refractivity contribution >= 4 is 26.8 Å². The maximum Gasteiger partial charge on any atom is 0.252 e. The van der Waals surface area contributed by atoms with Gasteiger partial charge in [0.15, 0.2) is 15.5 Å². The maximum absolute atomic E-state index is 13.7. The average Bonchev–Trinajstić information content (AvgIpc) is 3.35. The molecule has 2 saturated carbocycles. The largest absolute Gasteiger partial charge is 0.351 e. The lowest BCUT2D eigenvalue weighted by molar-refractivity contribution is 0.0944. The molecule has 184 valence electrons. The summed E-state index contributed by atoms with van der Waals surface area (Å²) < 4.78 is 26.1. The Hall–Kier alpha value is -2.74. The number of rotatable bonds is 6. The van der Waals surface area contributed by atoms with E-state index in [9.17, 15) is 13.2 Å². The number of nitrogens with one attached hydrogen (secondary N) is 1. The second-order valence-corrected chi connectivity index (χ2v) is 12.9. The predicted octanol–water partition coefficient (Wildman–Crippen LogP) is 4.22. The molecule has 1 amide bonds. The number of nitrogens with zero attached hydrogens (tertiary/aromatic N) is 3. The molecule has 1 aromatic carbocycles. The van der Waals surface area contributed by atoms with Crippen molar-refractivity contribution in [3.05, 3.63) is 58.9 Å². The third-order valence-corrected chi connectivity index (χ3v) is 9.94. The average molecular weight is 493 g/mol. The summed E-state index contributed by atoms with van der Waals surface area (Å²) in [6, 6.07) is 12.3. The topological polar surface area (TPSA) is 93.9 Å². The summed E-state index contributed by atoms with van der Waals surface area (Å²) in [6.45, 7) is 2.49. The van der Waals surface area contributed by atoms with Gasteiger partial charge in [-0.2, -0.15) is 5.10 Å². The van der Waals surface area contributed by atoms with Crippen LogP contribution in [0.4, 0.5) is 0 Å². The smallest absolute Gasteiger partial charge is 0.252 e. The molecule has 2 aliphatic carbocycles. The molecule has 0 bridgehead atoms. The molecule has 3 aromatic rings. The SMILES string of the molecule is Cc1nn(C2CCS(=O)(=O)C2)c2nc(C3CC3)cc(C(=O)NCC3(c4ccccc4)CCCC3)c12. The molecular weight excluding hydrogens is 460 g/mol. The number of aryl methyl sites for hydroxylation is 1. The van der Waals surface area contributed by atoms with Crippen molar-refractivity contribution in [2.45, 2.75) is 69.2 Å². The third-order valence-electron chi connectivity index (χ3n) is 8.19. The van der Waals surface area contributed by atoms with E-state index in [-0.39, 0.29) is 28.9 Å². The van der Waals surface area contributed by atoms with E-state index < -0.39 is 9.84 Å². The van der Waals surface area contributed by atoms with Gasteiger partial charge in [-0.25, -0.2) is 18.1 Å². The highest BCUT2D eigenvalue weighted by molar-refractivity contribution is 7.91. The van der Waals surface area contributed by atoms with Gasteiger partial charge in [0, 0.05) is 23.6 Å². The summed E-state index contributed by atoms with van der Waals surface area (Å²) in [5.74, 6) is 0.533. The van der Waals surface area contributed by atoms with Gasteiger partial charge < -0.3 is 5.32 Å². The molecule has 3 heterocycles. The molecule has 1 aliphatic heterocycles. The summed E-state index contributed by atoms with van der Waals surface area (Å²) in [6.07, 6.45) is 7.17. The van der Waals surface area contributed by atoms with Crippen LogP contribution in [0.5, 0.6) is 0 Å². The van der Waals surface area contributed by atoms with E-state index in [2.05, 4.69) is 29.6 Å². The fraction of sp³-hybridized carbons (Fsp3) is 0.519. The van der Waals surface area contributed by atoms with Gasteiger partial charge in [-0.3, -0.25) is 4.79 Å². The van der Waals surface area contributed by atoms with Crippen LogP contribution in [0, 0.1) is 6.92 Å². The van der Waals surface area contributed by atoms with Crippen LogP contribution in [0.3, 0.4) is 0 Å². The first-order valence-electron chi connectivity index (χ1n) is 12.8. The van der Waals surface area contributed by atoms with Gasteiger partial charge in [0.25, 0.3) is 5.91 Å². The van der Waals surface area contributed by atoms with Crippen LogP contribution in [0.2, 0.25) is 0 Å². The van der Waals surface area contributed by atoms with Crippen molar-refractivity contribution in [2.75, 3.05) is 18.1 Å². The molecule has 2 aromatic heterocycles. The second kappa shape index (κ2) is 8.43. The monoisotopic (exact) mass is 492 g/mol. The molecule has 1 unspecified atom stereocenters. The standard InChI is InChI=1S/C27H32N4O3S/c1-18-24-22(26(32)28-17-27(12-5-6-13-27)20-7-3-2-4-8-20)15-23(19-9-10-19)29-25(24)31(30-18)21-11-14-35(33,34)16-21/h2-4,7-8,15,19,21H,5-6,9-14,16-17H2,1H3,(H,28,32). The summed E-state index contributed by atoms with van der Waals surface area (Å²) >= 11 is 0. The molecule has 1 atom stereocenters. The number of hydrogen-bond donors (Lipinski definition) is 1. The van der Waals surface area contributed by atoms with E-state index in [1.165, 1.54) is 18.4 Å². The van der Waals surface area contributed by atoms with Crippen LogP contribution in [0.1, 0.15) is 84.2 Å². The van der Waals surface area contributed by atoms with Crippen LogP contribution in [-0.2, 0) is 15.3 Å². The van der Waals surface area contributed by atoms with Crippen LogP contribution in [0.15, 0.2) is 36.4 Å². The van der Waals surface area contributed by atoms with Gasteiger partial charge >= 0.3 is 0 Å². The molecule has 1 saturated heterocycles. The summed E-state index contributed by atoms with van der Waals surface area (Å²) in [5.41, 5.74) is 4.18. The normalized spacial score (nSPS) is 23.1. The van der Waals surface area contributed by atoms with Gasteiger partial charge in [-0.1, -0.05) is 43.2 Å². The highest BCUT2D eigenvalue weighted by Crippen LogP contribution is 2.42. The molecule has 6 rings (SSSR count). The van der Waals surface area contributed by atoms with Crippen molar-refractivity contribution in [1.82, 2.24) is 20.1 Å². The molecule has 3 fully saturated rings. The number of benzene rings is 1. The zero-order valence-corrected chi connectivity index (χ0v) is 21.0. The first-order chi connectivity index (χ1) is 16.9. The maximum atomic E-state index is 13.7. The Bertz CT molecular complexity index is 1390. The molecule has 7 nitrogen and oxygen atoms in total. The van der Waals surface area contributed by atoms with Gasteiger partial charge in [0.1, 0.15) is 0 Å². The van der Waals surface area contributed by atoms with Crippen LogP contribution >= 0.6 is 0 Å². The van der Waals surface area contributed by atoms with E-state index in [0.717, 1.165) is 42.5 Å². The molecule has 0 spiro atoms. The minimum Gasteiger partial charge on any atom is -0.351 e. The number of amides is 1. The summed E-state index contributed by atoms with van der Waals surface area (Å²) in [7, 11) is -3.06. The number of fused-ring (bicyclic) bond motifs is 1. The Morgan fingerprint density at radius 2 is 1.89 bits per heavy atom. The Kier molecular flexibility index (Phi) is 5.47. The van der Waals surface area contributed by atoms with Crippen LogP contribution < -0.4 is 5.32 Å². The number of carbonyl (C=O) groups is 1. The van der Waals surface area contributed by atoms with Crippen molar-refractivity contribution in [1.29, 1.82) is 0 Å². The highest BCUT2D eigenvalue weighted by Gasteiger charge is 2.37. The quantitative estimate of drug-likeness (QED) is 0.556. The van der Waals surface area contributed by atoms with E-state index in [0.29, 0.717) is 30.1 Å². The first kappa shape index (κ1) is 22.7. The van der Waals surface area contributed by atoms with Crippen molar-refractivity contribution < 1.29 is 13.2 Å². The molecule has 8 heteroatoms. The minimum atomic E-state index is -3.06. The van der Waals surface area contributed by atoms with Crippen LogP contribution in [0.25, 0.3) is 11.0 Å². The van der Waals surface area contributed by atoms with Crippen molar-refractivity contribution in [3.8, 4) is 0 Å². The highest BCUT2D eigenvalue weighted by atomic mass is 32.2. The fourth-order valence-corrected chi connectivity index (χ4v) is 7.77. The lowest BCUT2D eigenvalue weighted by Gasteiger charge is -2.30. The zero-order chi connectivity index (χ0) is 24.2. The molecular formula is C27H32N4O3S. The van der Waals surface area contributed by atoms with Crippen molar-refractivity contribution in [3.63, 3.8) is 0 Å². The molecule has 1 N–H and O–H groups in total. The number of hydrogen-bond acceptors (Lipinski definition) is 5.